The number of carbonyl (C=O) groups excluding carboxylic acids is 1. The predicted octanol–water partition coefficient (Wildman–Crippen LogP) is 2.09. The number of hydrogen-bond acceptors (Lipinski definition) is 6. The van der Waals surface area contributed by atoms with Crippen LogP contribution in [0.2, 0.25) is 0 Å². The Bertz CT molecular complexity index is 670. The standard InChI is InChI=1S/C23H40N2O6/c1-6-22(5,9-13(2)3)15(21(27)28)7-20(26)25-16-8-17(16)31-18-10-23(18)19(12-30-23)29-11-14(4)24/h13-19H,6-12,24H2,1-5H3,(H,25,26)(H,27,28). The molecule has 0 bridgehead atoms. The van der Waals surface area contributed by atoms with E-state index in [4.69, 9.17) is 19.9 Å². The first-order valence-electron chi connectivity index (χ1n) is 11.7. The third-order valence-electron chi connectivity index (χ3n) is 7.13. The molecule has 3 aliphatic rings. The number of carboxylic acids is 1. The fraction of sp³-hybridized carbons (Fsp3) is 0.913. The minimum atomic E-state index is -0.899. The Hall–Kier alpha value is -1.22. The molecule has 31 heavy (non-hydrogen) atoms. The van der Waals surface area contributed by atoms with Crippen molar-refractivity contribution in [1.29, 1.82) is 0 Å². The smallest absolute Gasteiger partial charge is 0.307 e. The van der Waals surface area contributed by atoms with Crippen LogP contribution in [0.1, 0.15) is 66.7 Å². The van der Waals surface area contributed by atoms with Gasteiger partial charge in [0, 0.05) is 18.9 Å². The topological polar surface area (TPSA) is 120 Å². The van der Waals surface area contributed by atoms with Crippen LogP contribution in [0.3, 0.4) is 0 Å². The molecule has 2 aliphatic carbocycles. The molecule has 1 heterocycles. The van der Waals surface area contributed by atoms with Crippen LogP contribution in [0, 0.1) is 17.3 Å². The van der Waals surface area contributed by atoms with Crippen LogP contribution >= 0.6 is 0 Å². The Kier molecular flexibility index (Phi) is 7.35. The minimum absolute atomic E-state index is 0.000717. The third kappa shape index (κ3) is 5.59. The highest BCUT2D eigenvalue weighted by molar-refractivity contribution is 5.83. The van der Waals surface area contributed by atoms with Gasteiger partial charge in [-0.3, -0.25) is 9.59 Å². The highest BCUT2D eigenvalue weighted by Gasteiger charge is 2.69. The summed E-state index contributed by atoms with van der Waals surface area (Å²) in [5, 5.41) is 12.8. The lowest BCUT2D eigenvalue weighted by atomic mass is 9.68. The Balaban J connectivity index is 1.44. The fourth-order valence-corrected chi connectivity index (χ4v) is 4.94. The van der Waals surface area contributed by atoms with E-state index in [2.05, 4.69) is 19.2 Å². The molecule has 1 saturated heterocycles. The number of carboxylic acid groups (broad SMARTS) is 1. The van der Waals surface area contributed by atoms with Crippen molar-refractivity contribution in [3.63, 3.8) is 0 Å². The van der Waals surface area contributed by atoms with Gasteiger partial charge < -0.3 is 30.4 Å². The average molecular weight is 441 g/mol. The molecule has 1 aliphatic heterocycles. The second-order valence-corrected chi connectivity index (χ2v) is 10.5. The number of aliphatic carboxylic acids is 1. The summed E-state index contributed by atoms with van der Waals surface area (Å²) in [5.74, 6) is -1.44. The van der Waals surface area contributed by atoms with Crippen LogP contribution in [0.15, 0.2) is 0 Å². The second kappa shape index (κ2) is 9.33. The van der Waals surface area contributed by atoms with Gasteiger partial charge in [0.15, 0.2) is 0 Å². The van der Waals surface area contributed by atoms with E-state index in [1.807, 2.05) is 20.8 Å². The molecule has 3 fully saturated rings. The maximum absolute atomic E-state index is 12.6. The quantitative estimate of drug-likeness (QED) is 0.401. The van der Waals surface area contributed by atoms with Crippen molar-refractivity contribution in [2.24, 2.45) is 23.0 Å². The van der Waals surface area contributed by atoms with Gasteiger partial charge in [-0.05, 0) is 37.5 Å². The van der Waals surface area contributed by atoms with Gasteiger partial charge >= 0.3 is 5.97 Å². The van der Waals surface area contributed by atoms with E-state index in [0.29, 0.717) is 19.1 Å². The van der Waals surface area contributed by atoms with Gasteiger partial charge in [-0.15, -0.1) is 0 Å². The summed E-state index contributed by atoms with van der Waals surface area (Å²) in [6.07, 6.45) is 3.03. The van der Waals surface area contributed by atoms with Crippen molar-refractivity contribution in [1.82, 2.24) is 5.32 Å². The summed E-state index contributed by atoms with van der Waals surface area (Å²) in [4.78, 5) is 24.6. The normalized spacial score (nSPS) is 35.2. The molecule has 0 aromatic heterocycles. The number of nitrogens with one attached hydrogen (secondary N) is 1. The molecule has 2 saturated carbocycles. The van der Waals surface area contributed by atoms with Gasteiger partial charge in [0.1, 0.15) is 11.7 Å². The summed E-state index contributed by atoms with van der Waals surface area (Å²) in [6, 6.07) is -0.0652. The molecule has 0 radical (unpaired) electrons. The van der Waals surface area contributed by atoms with E-state index in [9.17, 15) is 14.7 Å². The Labute approximate surface area is 185 Å². The van der Waals surface area contributed by atoms with Crippen molar-refractivity contribution >= 4 is 11.9 Å². The first kappa shape index (κ1) is 24.4. The van der Waals surface area contributed by atoms with E-state index in [1.54, 1.807) is 0 Å². The van der Waals surface area contributed by atoms with Crippen LogP contribution in [0.4, 0.5) is 0 Å². The van der Waals surface area contributed by atoms with Crippen LogP contribution in [-0.2, 0) is 23.8 Å². The monoisotopic (exact) mass is 440 g/mol. The van der Waals surface area contributed by atoms with E-state index >= 15 is 0 Å². The summed E-state index contributed by atoms with van der Waals surface area (Å²) in [5.41, 5.74) is 5.02. The first-order valence-corrected chi connectivity index (χ1v) is 11.7. The minimum Gasteiger partial charge on any atom is -0.481 e. The molecule has 8 nitrogen and oxygen atoms in total. The van der Waals surface area contributed by atoms with E-state index < -0.39 is 17.3 Å². The molecule has 8 atom stereocenters. The summed E-state index contributed by atoms with van der Waals surface area (Å²) >= 11 is 0. The van der Waals surface area contributed by atoms with Crippen molar-refractivity contribution in [2.45, 2.75) is 103 Å². The molecule has 4 N–H and O–H groups in total. The van der Waals surface area contributed by atoms with Gasteiger partial charge in [0.05, 0.1) is 37.4 Å². The van der Waals surface area contributed by atoms with E-state index in [0.717, 1.165) is 25.7 Å². The Morgan fingerprint density at radius 1 is 1.32 bits per heavy atom. The van der Waals surface area contributed by atoms with Gasteiger partial charge in [0.2, 0.25) is 5.91 Å². The Morgan fingerprint density at radius 3 is 2.55 bits per heavy atom. The van der Waals surface area contributed by atoms with Crippen molar-refractivity contribution < 1.29 is 28.9 Å². The van der Waals surface area contributed by atoms with Crippen LogP contribution in [0.5, 0.6) is 0 Å². The van der Waals surface area contributed by atoms with Crippen molar-refractivity contribution in [2.75, 3.05) is 13.2 Å². The summed E-state index contributed by atoms with van der Waals surface area (Å²) < 4.78 is 17.7. The predicted molar refractivity (Wildman–Crippen MR) is 115 cm³/mol. The first-order chi connectivity index (χ1) is 14.5. The molecular formula is C23H40N2O6. The molecule has 1 amide bonds. The van der Waals surface area contributed by atoms with Crippen LogP contribution < -0.4 is 11.1 Å². The van der Waals surface area contributed by atoms with Gasteiger partial charge in [-0.2, -0.15) is 0 Å². The molecule has 178 valence electrons. The molecule has 8 heteroatoms. The van der Waals surface area contributed by atoms with Crippen LogP contribution in [-0.4, -0.2) is 66.2 Å². The number of hydrogen-bond donors (Lipinski definition) is 3. The maximum Gasteiger partial charge on any atom is 0.307 e. The number of ether oxygens (including phenoxy) is 3. The zero-order valence-electron chi connectivity index (χ0n) is 19.6. The second-order valence-electron chi connectivity index (χ2n) is 10.5. The summed E-state index contributed by atoms with van der Waals surface area (Å²) in [6.45, 7) is 11.1. The van der Waals surface area contributed by atoms with Crippen molar-refractivity contribution in [3.05, 3.63) is 0 Å². The van der Waals surface area contributed by atoms with Gasteiger partial charge in [0.25, 0.3) is 0 Å². The maximum atomic E-state index is 12.6. The molecule has 0 aromatic rings. The largest absolute Gasteiger partial charge is 0.481 e. The zero-order chi connectivity index (χ0) is 23.0. The zero-order valence-corrected chi connectivity index (χ0v) is 19.6. The molecule has 8 unspecified atom stereocenters. The van der Waals surface area contributed by atoms with Crippen molar-refractivity contribution in [3.8, 4) is 0 Å². The number of carbonyl (C=O) groups is 2. The van der Waals surface area contributed by atoms with Gasteiger partial charge in [-0.25, -0.2) is 0 Å². The average Bonchev–Trinajstić information content (AvgIpc) is 3.56. The highest BCUT2D eigenvalue weighted by Crippen LogP contribution is 2.54. The number of amides is 1. The molecular weight excluding hydrogens is 400 g/mol. The lowest BCUT2D eigenvalue weighted by molar-refractivity contribution is -0.223. The number of rotatable bonds is 13. The molecule has 0 aromatic carbocycles. The SMILES string of the molecule is CCC(C)(CC(C)C)C(CC(=O)NC1CC1OC1CC12OCC2OCC(C)N)C(=O)O. The van der Waals surface area contributed by atoms with E-state index in [1.165, 1.54) is 0 Å². The molecule has 3 rings (SSSR count). The highest BCUT2D eigenvalue weighted by atomic mass is 16.6. The summed E-state index contributed by atoms with van der Waals surface area (Å²) in [7, 11) is 0. The fourth-order valence-electron chi connectivity index (χ4n) is 4.94. The van der Waals surface area contributed by atoms with E-state index in [-0.39, 0.29) is 48.3 Å². The van der Waals surface area contributed by atoms with Crippen LogP contribution in [0.25, 0.3) is 0 Å². The lowest BCUT2D eigenvalue weighted by Gasteiger charge is -2.38. The lowest BCUT2D eigenvalue weighted by Crippen LogP contribution is -2.53. The molecule has 1 spiro atoms. The Morgan fingerprint density at radius 2 is 2.03 bits per heavy atom. The van der Waals surface area contributed by atoms with Gasteiger partial charge in [-0.1, -0.05) is 27.7 Å². The number of nitrogens with two attached hydrogens (primary N) is 1. The third-order valence-corrected chi connectivity index (χ3v) is 7.13.